The van der Waals surface area contributed by atoms with Crippen molar-refractivity contribution in [3.05, 3.63) is 58.7 Å². The molecule has 5 heteroatoms. The summed E-state index contributed by atoms with van der Waals surface area (Å²) in [6.07, 6.45) is 4.76. The molecule has 4 nitrogen and oxygen atoms in total. The van der Waals surface area contributed by atoms with Crippen LogP contribution in [-0.2, 0) is 6.42 Å². The van der Waals surface area contributed by atoms with Gasteiger partial charge in [-0.1, -0.05) is 23.7 Å². The quantitative estimate of drug-likeness (QED) is 0.658. The SMILES string of the molecule is COc1cc(Cl)c2[nH]cc(CCN=Cc3ccc(N(C)C)cc3)c2c1. The first-order valence-corrected chi connectivity index (χ1v) is 8.57. The number of fused-ring (bicyclic) bond motifs is 1. The molecule has 1 N–H and O–H groups in total. The van der Waals surface area contributed by atoms with Crippen molar-refractivity contribution in [1.82, 2.24) is 4.98 Å². The summed E-state index contributed by atoms with van der Waals surface area (Å²) in [7, 11) is 5.72. The van der Waals surface area contributed by atoms with Gasteiger partial charge in [-0.15, -0.1) is 0 Å². The van der Waals surface area contributed by atoms with Crippen molar-refractivity contribution >= 4 is 34.4 Å². The fourth-order valence-electron chi connectivity index (χ4n) is 2.76. The van der Waals surface area contributed by atoms with Gasteiger partial charge < -0.3 is 14.6 Å². The highest BCUT2D eigenvalue weighted by atomic mass is 35.5. The number of halogens is 1. The molecule has 0 aliphatic heterocycles. The van der Waals surface area contributed by atoms with Gasteiger partial charge in [0.05, 0.1) is 17.6 Å². The summed E-state index contributed by atoms with van der Waals surface area (Å²) in [5.74, 6) is 0.767. The number of aromatic amines is 1. The van der Waals surface area contributed by atoms with Crippen molar-refractivity contribution in [2.75, 3.05) is 32.6 Å². The van der Waals surface area contributed by atoms with Gasteiger partial charge in [0.25, 0.3) is 0 Å². The fourth-order valence-corrected chi connectivity index (χ4v) is 3.02. The number of methoxy groups -OCH3 is 1. The second kappa shape index (κ2) is 7.62. The van der Waals surface area contributed by atoms with Crippen LogP contribution < -0.4 is 9.64 Å². The summed E-state index contributed by atoms with van der Waals surface area (Å²) in [6.45, 7) is 0.719. The van der Waals surface area contributed by atoms with Gasteiger partial charge in [0.2, 0.25) is 0 Å². The molecule has 0 bridgehead atoms. The highest BCUT2D eigenvalue weighted by Gasteiger charge is 2.08. The molecule has 0 radical (unpaired) electrons. The van der Waals surface area contributed by atoms with E-state index in [1.807, 2.05) is 38.6 Å². The zero-order valence-corrected chi connectivity index (χ0v) is 15.5. The number of rotatable bonds is 6. The molecule has 3 aromatic rings. The number of nitrogens with one attached hydrogen (secondary N) is 1. The Kier molecular flexibility index (Phi) is 5.29. The molecular weight excluding hydrogens is 334 g/mol. The first-order valence-electron chi connectivity index (χ1n) is 8.19. The van der Waals surface area contributed by atoms with E-state index in [9.17, 15) is 0 Å². The molecule has 0 amide bonds. The summed E-state index contributed by atoms with van der Waals surface area (Å²) in [4.78, 5) is 9.87. The van der Waals surface area contributed by atoms with Gasteiger partial charge in [-0.2, -0.15) is 0 Å². The fraction of sp³-hybridized carbons (Fsp3) is 0.250. The molecule has 1 heterocycles. The van der Waals surface area contributed by atoms with Crippen LogP contribution in [0.3, 0.4) is 0 Å². The van der Waals surface area contributed by atoms with Crippen LogP contribution in [0.15, 0.2) is 47.6 Å². The molecule has 3 rings (SSSR count). The lowest BCUT2D eigenvalue weighted by molar-refractivity contribution is 0.415. The molecule has 0 saturated heterocycles. The third kappa shape index (κ3) is 3.97. The second-order valence-electron chi connectivity index (χ2n) is 6.12. The third-order valence-electron chi connectivity index (χ3n) is 4.20. The largest absolute Gasteiger partial charge is 0.497 e. The third-order valence-corrected chi connectivity index (χ3v) is 4.49. The number of aliphatic imine (C=N–C) groups is 1. The van der Waals surface area contributed by atoms with Crippen LogP contribution >= 0.6 is 11.6 Å². The summed E-state index contributed by atoms with van der Waals surface area (Å²) >= 11 is 6.29. The van der Waals surface area contributed by atoms with Crippen LogP contribution in [-0.4, -0.2) is 38.9 Å². The first kappa shape index (κ1) is 17.4. The van der Waals surface area contributed by atoms with Gasteiger partial charge in [-0.3, -0.25) is 4.99 Å². The minimum Gasteiger partial charge on any atom is -0.497 e. The predicted octanol–water partition coefficient (Wildman–Crippen LogP) is 4.56. The van der Waals surface area contributed by atoms with Crippen molar-refractivity contribution in [2.45, 2.75) is 6.42 Å². The average Bonchev–Trinajstić information content (AvgIpc) is 3.02. The lowest BCUT2D eigenvalue weighted by Crippen LogP contribution is -2.08. The molecule has 0 atom stereocenters. The molecule has 0 aliphatic carbocycles. The van der Waals surface area contributed by atoms with E-state index in [-0.39, 0.29) is 0 Å². The van der Waals surface area contributed by atoms with Gasteiger partial charge in [0.15, 0.2) is 0 Å². The van der Waals surface area contributed by atoms with E-state index in [0.717, 1.165) is 35.2 Å². The monoisotopic (exact) mass is 355 g/mol. The van der Waals surface area contributed by atoms with E-state index in [4.69, 9.17) is 16.3 Å². The molecule has 0 fully saturated rings. The van der Waals surface area contributed by atoms with E-state index >= 15 is 0 Å². The number of hydrogen-bond acceptors (Lipinski definition) is 3. The Balaban J connectivity index is 1.67. The van der Waals surface area contributed by atoms with Crippen LogP contribution in [0.25, 0.3) is 10.9 Å². The Labute approximate surface area is 153 Å². The van der Waals surface area contributed by atoms with Gasteiger partial charge in [-0.25, -0.2) is 0 Å². The second-order valence-corrected chi connectivity index (χ2v) is 6.52. The smallest absolute Gasteiger partial charge is 0.121 e. The van der Waals surface area contributed by atoms with Gasteiger partial charge >= 0.3 is 0 Å². The lowest BCUT2D eigenvalue weighted by atomic mass is 10.1. The van der Waals surface area contributed by atoms with Gasteiger partial charge in [0.1, 0.15) is 5.75 Å². The number of benzene rings is 2. The lowest BCUT2D eigenvalue weighted by Gasteiger charge is -2.11. The highest BCUT2D eigenvalue weighted by molar-refractivity contribution is 6.35. The standard InChI is InChI=1S/C20H22ClN3O/c1-24(2)16-6-4-14(5-7-16)12-22-9-8-15-13-23-20-18(15)10-17(25-3)11-19(20)21/h4-7,10-13,23H,8-9H2,1-3H3. The number of ether oxygens (including phenoxy) is 1. The number of hydrogen-bond donors (Lipinski definition) is 1. The zero-order chi connectivity index (χ0) is 17.8. The van der Waals surface area contributed by atoms with Crippen LogP contribution in [0.4, 0.5) is 5.69 Å². The molecule has 0 spiro atoms. The van der Waals surface area contributed by atoms with Crippen molar-refractivity contribution in [3.8, 4) is 5.75 Å². The maximum atomic E-state index is 6.29. The average molecular weight is 356 g/mol. The van der Waals surface area contributed by atoms with E-state index in [1.165, 1.54) is 11.3 Å². The Morgan fingerprint density at radius 2 is 1.96 bits per heavy atom. The topological polar surface area (TPSA) is 40.6 Å². The molecule has 0 aliphatic rings. The highest BCUT2D eigenvalue weighted by Crippen LogP contribution is 2.30. The minimum absolute atomic E-state index is 0.671. The maximum Gasteiger partial charge on any atom is 0.121 e. The summed E-state index contributed by atoms with van der Waals surface area (Å²) in [5.41, 5.74) is 4.42. The van der Waals surface area contributed by atoms with Crippen LogP contribution in [0.1, 0.15) is 11.1 Å². The Morgan fingerprint density at radius 3 is 2.64 bits per heavy atom. The van der Waals surface area contributed by atoms with Crippen LogP contribution in [0.5, 0.6) is 5.75 Å². The predicted molar refractivity (Wildman–Crippen MR) is 107 cm³/mol. The van der Waals surface area contributed by atoms with Crippen LogP contribution in [0, 0.1) is 0 Å². The van der Waals surface area contributed by atoms with Crippen molar-refractivity contribution in [3.63, 3.8) is 0 Å². The maximum absolute atomic E-state index is 6.29. The van der Waals surface area contributed by atoms with Crippen molar-refractivity contribution < 1.29 is 4.74 Å². The van der Waals surface area contributed by atoms with E-state index < -0.39 is 0 Å². The van der Waals surface area contributed by atoms with Crippen molar-refractivity contribution in [1.29, 1.82) is 0 Å². The molecule has 0 unspecified atom stereocenters. The summed E-state index contributed by atoms with van der Waals surface area (Å²) < 4.78 is 5.31. The number of anilines is 1. The van der Waals surface area contributed by atoms with Gasteiger partial charge in [0, 0.05) is 50.2 Å². The summed E-state index contributed by atoms with van der Waals surface area (Å²) in [6, 6.07) is 12.2. The van der Waals surface area contributed by atoms with Crippen LogP contribution in [0.2, 0.25) is 5.02 Å². The molecule has 130 valence electrons. The van der Waals surface area contributed by atoms with E-state index in [0.29, 0.717) is 5.02 Å². The number of nitrogens with zero attached hydrogens (tertiary/aromatic N) is 2. The Bertz CT molecular complexity index is 882. The molecular formula is C20H22ClN3O. The van der Waals surface area contributed by atoms with E-state index in [2.05, 4.69) is 39.1 Å². The molecule has 25 heavy (non-hydrogen) atoms. The molecule has 1 aromatic heterocycles. The normalized spacial score (nSPS) is 11.4. The molecule has 0 saturated carbocycles. The van der Waals surface area contributed by atoms with Crippen molar-refractivity contribution in [2.24, 2.45) is 4.99 Å². The Hall–Kier alpha value is -2.46. The number of H-pyrrole nitrogens is 1. The minimum atomic E-state index is 0.671. The Morgan fingerprint density at radius 1 is 1.20 bits per heavy atom. The summed E-state index contributed by atoms with van der Waals surface area (Å²) in [5, 5.41) is 1.76. The zero-order valence-electron chi connectivity index (χ0n) is 14.7. The first-order chi connectivity index (χ1) is 12.1. The molecule has 2 aromatic carbocycles. The van der Waals surface area contributed by atoms with Gasteiger partial charge in [-0.05, 0) is 35.7 Å². The number of aromatic nitrogens is 1. The van der Waals surface area contributed by atoms with E-state index in [1.54, 1.807) is 7.11 Å².